The number of benzene rings is 1. The van der Waals surface area contributed by atoms with Gasteiger partial charge in [0.25, 0.3) is 5.91 Å². The maximum atomic E-state index is 13.7. The molecule has 0 spiro atoms. The molecule has 1 aliphatic heterocycles. The maximum Gasteiger partial charge on any atom is 0.260 e. The molecule has 1 aromatic carbocycles. The molecule has 6 nitrogen and oxygen atoms in total. The Labute approximate surface area is 141 Å². The van der Waals surface area contributed by atoms with Crippen molar-refractivity contribution >= 4 is 21.8 Å². The second-order valence-corrected chi connectivity index (χ2v) is 6.27. The van der Waals surface area contributed by atoms with E-state index in [9.17, 15) is 9.18 Å². The van der Waals surface area contributed by atoms with Gasteiger partial charge < -0.3 is 9.64 Å². The van der Waals surface area contributed by atoms with Crippen molar-refractivity contribution in [3.05, 3.63) is 41.1 Å². The van der Waals surface area contributed by atoms with E-state index in [-0.39, 0.29) is 24.3 Å². The molecule has 0 radical (unpaired) electrons. The van der Waals surface area contributed by atoms with Gasteiger partial charge >= 0.3 is 0 Å². The highest BCUT2D eigenvalue weighted by atomic mass is 79.9. The lowest BCUT2D eigenvalue weighted by Crippen LogP contribution is -2.41. The van der Waals surface area contributed by atoms with Crippen molar-refractivity contribution in [3.63, 3.8) is 0 Å². The number of aromatic nitrogens is 3. The number of rotatable bonds is 4. The molecule has 2 heterocycles. The normalized spacial score (nSPS) is 15.7. The lowest BCUT2D eigenvalue weighted by atomic mass is 10.1. The van der Waals surface area contributed by atoms with Crippen LogP contribution in [0.2, 0.25) is 0 Å². The van der Waals surface area contributed by atoms with Crippen molar-refractivity contribution in [2.24, 2.45) is 0 Å². The Bertz CT molecular complexity index is 672. The Morgan fingerprint density at radius 3 is 2.83 bits per heavy atom. The first-order valence-electron chi connectivity index (χ1n) is 7.33. The smallest absolute Gasteiger partial charge is 0.260 e. The van der Waals surface area contributed by atoms with Crippen LogP contribution in [0.3, 0.4) is 0 Å². The third-order valence-electron chi connectivity index (χ3n) is 3.87. The van der Waals surface area contributed by atoms with Crippen LogP contribution in [0, 0.1) is 5.82 Å². The summed E-state index contributed by atoms with van der Waals surface area (Å²) in [6.45, 7) is 1.11. The van der Waals surface area contributed by atoms with Crippen LogP contribution in [0.25, 0.3) is 0 Å². The molecular weight excluding hydrogens is 367 g/mol. The fourth-order valence-corrected chi connectivity index (χ4v) is 2.94. The average Bonchev–Trinajstić information content (AvgIpc) is 3.08. The van der Waals surface area contributed by atoms with Crippen LogP contribution >= 0.6 is 15.9 Å². The molecule has 1 saturated heterocycles. The minimum absolute atomic E-state index is 0.0825. The standard InChI is InChI=1S/C15H16BrFN4O2/c16-11-1-2-14(13(17)7-11)23-8-15(22)20-5-3-12(4-6-20)21-10-18-9-19-21/h1-2,7,9-10,12H,3-6,8H2. The molecule has 0 bridgehead atoms. The third-order valence-corrected chi connectivity index (χ3v) is 4.37. The zero-order valence-corrected chi connectivity index (χ0v) is 13.9. The summed E-state index contributed by atoms with van der Waals surface area (Å²) in [5.41, 5.74) is 0. The summed E-state index contributed by atoms with van der Waals surface area (Å²) in [6, 6.07) is 4.76. The highest BCUT2D eigenvalue weighted by Gasteiger charge is 2.24. The lowest BCUT2D eigenvalue weighted by Gasteiger charge is -2.31. The number of likely N-dealkylation sites (tertiary alicyclic amines) is 1. The molecule has 23 heavy (non-hydrogen) atoms. The highest BCUT2D eigenvalue weighted by Crippen LogP contribution is 2.23. The van der Waals surface area contributed by atoms with Crippen molar-refractivity contribution in [2.75, 3.05) is 19.7 Å². The lowest BCUT2D eigenvalue weighted by molar-refractivity contribution is -0.134. The Hall–Kier alpha value is -1.96. The van der Waals surface area contributed by atoms with Gasteiger partial charge in [-0.1, -0.05) is 15.9 Å². The van der Waals surface area contributed by atoms with Gasteiger partial charge in [0.2, 0.25) is 0 Å². The van der Waals surface area contributed by atoms with Crippen molar-refractivity contribution in [1.29, 1.82) is 0 Å². The van der Waals surface area contributed by atoms with E-state index in [0.29, 0.717) is 17.6 Å². The van der Waals surface area contributed by atoms with Crippen LogP contribution in [-0.2, 0) is 4.79 Å². The number of ether oxygens (including phenoxy) is 1. The fourth-order valence-electron chi connectivity index (χ4n) is 2.61. The summed E-state index contributed by atoms with van der Waals surface area (Å²) >= 11 is 3.18. The highest BCUT2D eigenvalue weighted by molar-refractivity contribution is 9.10. The third kappa shape index (κ3) is 3.87. The maximum absolute atomic E-state index is 13.7. The molecule has 2 aromatic rings. The van der Waals surface area contributed by atoms with Gasteiger partial charge in [0.05, 0.1) is 6.04 Å². The number of piperidine rings is 1. The largest absolute Gasteiger partial charge is 0.481 e. The number of halogens is 2. The first-order valence-corrected chi connectivity index (χ1v) is 8.12. The van der Waals surface area contributed by atoms with Crippen molar-refractivity contribution in [2.45, 2.75) is 18.9 Å². The van der Waals surface area contributed by atoms with Crippen molar-refractivity contribution in [3.8, 4) is 5.75 Å². The van der Waals surface area contributed by atoms with Gasteiger partial charge in [-0.25, -0.2) is 14.1 Å². The molecule has 8 heteroatoms. The number of hydrogen-bond donors (Lipinski definition) is 0. The van der Waals surface area contributed by atoms with Gasteiger partial charge in [-0.2, -0.15) is 5.10 Å². The summed E-state index contributed by atoms with van der Waals surface area (Å²) in [7, 11) is 0. The van der Waals surface area contributed by atoms with Crippen LogP contribution in [0.15, 0.2) is 35.3 Å². The Morgan fingerprint density at radius 1 is 1.39 bits per heavy atom. The molecule has 1 fully saturated rings. The second-order valence-electron chi connectivity index (χ2n) is 5.35. The summed E-state index contributed by atoms with van der Waals surface area (Å²) in [6.07, 6.45) is 4.85. The second kappa shape index (κ2) is 7.08. The van der Waals surface area contributed by atoms with Crippen LogP contribution < -0.4 is 4.74 Å². The first-order chi connectivity index (χ1) is 11.1. The number of amides is 1. The summed E-state index contributed by atoms with van der Waals surface area (Å²) in [5.74, 6) is -0.541. The number of carbonyl (C=O) groups excluding carboxylic acids is 1. The van der Waals surface area contributed by atoms with E-state index >= 15 is 0 Å². The van der Waals surface area contributed by atoms with E-state index in [1.807, 2.05) is 4.68 Å². The van der Waals surface area contributed by atoms with Crippen LogP contribution in [0.4, 0.5) is 4.39 Å². The molecule has 1 aromatic heterocycles. The molecule has 3 rings (SSSR count). The molecule has 1 amide bonds. The Morgan fingerprint density at radius 2 is 2.17 bits per heavy atom. The van der Waals surface area contributed by atoms with Gasteiger partial charge in [-0.15, -0.1) is 0 Å². The van der Waals surface area contributed by atoms with Crippen LogP contribution in [0.5, 0.6) is 5.75 Å². The zero-order chi connectivity index (χ0) is 16.2. The molecule has 122 valence electrons. The fraction of sp³-hybridized carbons (Fsp3) is 0.400. The van der Waals surface area contributed by atoms with E-state index in [4.69, 9.17) is 4.74 Å². The molecule has 0 unspecified atom stereocenters. The number of hydrogen-bond acceptors (Lipinski definition) is 4. The van der Waals surface area contributed by atoms with E-state index in [1.54, 1.807) is 17.3 Å². The Kier molecular flexibility index (Phi) is 4.90. The van der Waals surface area contributed by atoms with Crippen molar-refractivity contribution in [1.82, 2.24) is 19.7 Å². The van der Waals surface area contributed by atoms with Gasteiger partial charge in [-0.3, -0.25) is 4.79 Å². The minimum atomic E-state index is -0.489. The number of nitrogens with zero attached hydrogens (tertiary/aromatic N) is 4. The summed E-state index contributed by atoms with van der Waals surface area (Å²) < 4.78 is 21.4. The minimum Gasteiger partial charge on any atom is -0.481 e. The summed E-state index contributed by atoms with van der Waals surface area (Å²) in [4.78, 5) is 17.9. The predicted molar refractivity (Wildman–Crippen MR) is 84.5 cm³/mol. The SMILES string of the molecule is O=C(COc1ccc(Br)cc1F)N1CCC(n2cncn2)CC1. The predicted octanol–water partition coefficient (Wildman–Crippen LogP) is 2.42. The van der Waals surface area contributed by atoms with Crippen LogP contribution in [0.1, 0.15) is 18.9 Å². The Balaban J connectivity index is 1.50. The van der Waals surface area contributed by atoms with Gasteiger partial charge in [0.15, 0.2) is 18.2 Å². The molecule has 0 N–H and O–H groups in total. The average molecular weight is 383 g/mol. The van der Waals surface area contributed by atoms with Crippen molar-refractivity contribution < 1.29 is 13.9 Å². The molecule has 0 atom stereocenters. The molecule has 1 aliphatic rings. The monoisotopic (exact) mass is 382 g/mol. The van der Waals surface area contributed by atoms with Crippen LogP contribution in [-0.4, -0.2) is 45.3 Å². The first kappa shape index (κ1) is 15.9. The quantitative estimate of drug-likeness (QED) is 0.814. The van der Waals surface area contributed by atoms with Gasteiger partial charge in [0.1, 0.15) is 12.7 Å². The topological polar surface area (TPSA) is 60.2 Å². The van der Waals surface area contributed by atoms with Gasteiger partial charge in [0, 0.05) is 17.6 Å². The number of carbonyl (C=O) groups is 1. The van der Waals surface area contributed by atoms with E-state index < -0.39 is 5.82 Å². The molecule has 0 aliphatic carbocycles. The molecular formula is C15H16BrFN4O2. The molecule has 0 saturated carbocycles. The summed E-state index contributed by atoms with van der Waals surface area (Å²) in [5, 5.41) is 4.13. The van der Waals surface area contributed by atoms with E-state index in [1.165, 1.54) is 18.5 Å². The van der Waals surface area contributed by atoms with E-state index in [0.717, 1.165) is 12.8 Å². The van der Waals surface area contributed by atoms with Gasteiger partial charge in [-0.05, 0) is 31.0 Å². The zero-order valence-electron chi connectivity index (χ0n) is 12.4. The van der Waals surface area contributed by atoms with E-state index in [2.05, 4.69) is 26.0 Å².